The van der Waals surface area contributed by atoms with Crippen LogP contribution in [0.2, 0.25) is 0 Å². The Morgan fingerprint density at radius 1 is 1.35 bits per heavy atom. The summed E-state index contributed by atoms with van der Waals surface area (Å²) in [6, 6.07) is 5.81. The number of hydrogen-bond donors (Lipinski definition) is 1. The van der Waals surface area contributed by atoms with Gasteiger partial charge in [0.05, 0.1) is 4.47 Å². The van der Waals surface area contributed by atoms with E-state index < -0.39 is 5.97 Å². The number of carbonyl (C=O) groups excluding carboxylic acids is 2. The van der Waals surface area contributed by atoms with Crippen molar-refractivity contribution in [2.45, 2.75) is 25.8 Å². The molecule has 1 N–H and O–H groups in total. The van der Waals surface area contributed by atoms with E-state index in [0.717, 1.165) is 22.9 Å². The van der Waals surface area contributed by atoms with Crippen LogP contribution < -0.4 is 10.1 Å². The molecule has 1 aliphatic rings. The van der Waals surface area contributed by atoms with Gasteiger partial charge < -0.3 is 14.8 Å². The van der Waals surface area contributed by atoms with Gasteiger partial charge in [-0.1, -0.05) is 6.07 Å². The molecule has 0 heterocycles. The Labute approximate surface area is 125 Å². The number of aryl methyl sites for hydroxylation is 1. The molecule has 0 saturated heterocycles. The van der Waals surface area contributed by atoms with E-state index in [-0.39, 0.29) is 25.2 Å². The van der Waals surface area contributed by atoms with Crippen LogP contribution in [0.4, 0.5) is 0 Å². The number of carbonyl (C=O) groups is 2. The van der Waals surface area contributed by atoms with Gasteiger partial charge in [-0.15, -0.1) is 0 Å². The highest BCUT2D eigenvalue weighted by atomic mass is 79.9. The largest absolute Gasteiger partial charge is 0.481 e. The fraction of sp³-hybridized carbons (Fsp3) is 0.429. The average molecular weight is 342 g/mol. The van der Waals surface area contributed by atoms with E-state index in [9.17, 15) is 9.59 Å². The first-order valence-electron chi connectivity index (χ1n) is 6.38. The molecule has 6 heteroatoms. The van der Waals surface area contributed by atoms with Crippen LogP contribution in [-0.2, 0) is 14.3 Å². The Kier molecular flexibility index (Phi) is 5.00. The number of nitrogens with one attached hydrogen (secondary N) is 1. The Bertz CT molecular complexity index is 514. The van der Waals surface area contributed by atoms with Gasteiger partial charge in [0.15, 0.2) is 13.2 Å². The van der Waals surface area contributed by atoms with Crippen molar-refractivity contribution in [2.75, 3.05) is 13.2 Å². The lowest BCUT2D eigenvalue weighted by atomic mass is 10.2. The first kappa shape index (κ1) is 14.8. The smallest absolute Gasteiger partial charge is 0.344 e. The number of halogens is 1. The molecule has 1 aromatic rings. The van der Waals surface area contributed by atoms with Crippen molar-refractivity contribution >= 4 is 27.8 Å². The van der Waals surface area contributed by atoms with Gasteiger partial charge in [-0.05, 0) is 53.4 Å². The van der Waals surface area contributed by atoms with Crippen molar-refractivity contribution < 1.29 is 19.1 Å². The van der Waals surface area contributed by atoms with Gasteiger partial charge >= 0.3 is 5.97 Å². The molecule has 0 aliphatic heterocycles. The Morgan fingerprint density at radius 2 is 2.10 bits per heavy atom. The van der Waals surface area contributed by atoms with Gasteiger partial charge in [0.2, 0.25) is 0 Å². The molecule has 5 nitrogen and oxygen atoms in total. The minimum Gasteiger partial charge on any atom is -0.481 e. The molecule has 0 atom stereocenters. The summed E-state index contributed by atoms with van der Waals surface area (Å²) in [6.45, 7) is 1.48. The maximum Gasteiger partial charge on any atom is 0.344 e. The van der Waals surface area contributed by atoms with Crippen LogP contribution in [0.5, 0.6) is 5.75 Å². The Balaban J connectivity index is 1.70. The lowest BCUT2D eigenvalue weighted by molar-refractivity contribution is -0.150. The minimum atomic E-state index is -0.566. The van der Waals surface area contributed by atoms with E-state index in [0.29, 0.717) is 5.75 Å². The van der Waals surface area contributed by atoms with Crippen LogP contribution in [0.25, 0.3) is 0 Å². The summed E-state index contributed by atoms with van der Waals surface area (Å²) in [5.74, 6) is -0.268. The van der Waals surface area contributed by atoms with E-state index in [1.807, 2.05) is 19.1 Å². The van der Waals surface area contributed by atoms with Crippen molar-refractivity contribution in [3.63, 3.8) is 0 Å². The lowest BCUT2D eigenvalue weighted by Crippen LogP contribution is -2.31. The van der Waals surface area contributed by atoms with Gasteiger partial charge in [0, 0.05) is 6.04 Å². The second kappa shape index (κ2) is 6.74. The molecule has 0 bridgehead atoms. The predicted molar refractivity (Wildman–Crippen MR) is 76.5 cm³/mol. The topological polar surface area (TPSA) is 64.6 Å². The summed E-state index contributed by atoms with van der Waals surface area (Å²) in [5, 5.41) is 2.73. The van der Waals surface area contributed by atoms with E-state index in [4.69, 9.17) is 9.47 Å². The highest BCUT2D eigenvalue weighted by Crippen LogP contribution is 2.25. The molecule has 0 spiro atoms. The van der Waals surface area contributed by atoms with E-state index in [2.05, 4.69) is 21.2 Å². The molecule has 1 saturated carbocycles. The van der Waals surface area contributed by atoms with Crippen LogP contribution >= 0.6 is 15.9 Å². The Morgan fingerprint density at radius 3 is 2.75 bits per heavy atom. The number of hydrogen-bond acceptors (Lipinski definition) is 4. The first-order valence-corrected chi connectivity index (χ1v) is 7.18. The SMILES string of the molecule is Cc1ccc(OCC(=O)OCC(=O)NC2CC2)c(Br)c1. The molecule has 1 aliphatic carbocycles. The highest BCUT2D eigenvalue weighted by Gasteiger charge is 2.23. The fourth-order valence-electron chi connectivity index (χ4n) is 1.54. The van der Waals surface area contributed by atoms with Gasteiger partial charge in [-0.2, -0.15) is 0 Å². The quantitative estimate of drug-likeness (QED) is 0.803. The van der Waals surface area contributed by atoms with Crippen LogP contribution in [0.1, 0.15) is 18.4 Å². The third-order valence-electron chi connectivity index (χ3n) is 2.74. The first-order chi connectivity index (χ1) is 9.54. The molecule has 0 aromatic heterocycles. The highest BCUT2D eigenvalue weighted by molar-refractivity contribution is 9.10. The van der Waals surface area contributed by atoms with E-state index in [1.165, 1.54) is 0 Å². The maximum atomic E-state index is 11.5. The van der Waals surface area contributed by atoms with Crippen molar-refractivity contribution in [2.24, 2.45) is 0 Å². The number of amides is 1. The summed E-state index contributed by atoms with van der Waals surface area (Å²) in [5.41, 5.74) is 1.09. The van der Waals surface area contributed by atoms with Crippen molar-refractivity contribution in [3.05, 3.63) is 28.2 Å². The zero-order valence-corrected chi connectivity index (χ0v) is 12.7. The molecular weight excluding hydrogens is 326 g/mol. The van der Waals surface area contributed by atoms with Gasteiger partial charge in [-0.3, -0.25) is 4.79 Å². The standard InChI is InChI=1S/C14H16BrNO4/c1-9-2-5-12(11(15)6-9)19-8-14(18)20-7-13(17)16-10-3-4-10/h2,5-6,10H,3-4,7-8H2,1H3,(H,16,17). The molecule has 1 fully saturated rings. The summed E-state index contributed by atoms with van der Waals surface area (Å²) in [4.78, 5) is 22.8. The van der Waals surface area contributed by atoms with E-state index in [1.54, 1.807) is 6.07 Å². The lowest BCUT2D eigenvalue weighted by Gasteiger charge is -2.09. The van der Waals surface area contributed by atoms with Crippen LogP contribution in [0.15, 0.2) is 22.7 Å². The van der Waals surface area contributed by atoms with Gasteiger partial charge in [0.1, 0.15) is 5.75 Å². The van der Waals surface area contributed by atoms with Gasteiger partial charge in [0.25, 0.3) is 5.91 Å². The third-order valence-corrected chi connectivity index (χ3v) is 3.36. The molecule has 20 heavy (non-hydrogen) atoms. The fourth-order valence-corrected chi connectivity index (χ4v) is 2.15. The second-order valence-corrected chi connectivity index (χ2v) is 5.58. The maximum absolute atomic E-state index is 11.5. The normalized spacial score (nSPS) is 13.7. The number of benzene rings is 1. The average Bonchev–Trinajstić information content (AvgIpc) is 3.19. The molecule has 0 unspecified atom stereocenters. The zero-order chi connectivity index (χ0) is 14.5. The zero-order valence-electron chi connectivity index (χ0n) is 11.1. The van der Waals surface area contributed by atoms with Gasteiger partial charge in [-0.25, -0.2) is 4.79 Å². The van der Waals surface area contributed by atoms with Crippen molar-refractivity contribution in [1.29, 1.82) is 0 Å². The third kappa shape index (κ3) is 4.85. The second-order valence-electron chi connectivity index (χ2n) is 4.73. The van der Waals surface area contributed by atoms with Crippen LogP contribution in [-0.4, -0.2) is 31.1 Å². The Hall–Kier alpha value is -1.56. The summed E-state index contributed by atoms with van der Waals surface area (Å²) in [6.07, 6.45) is 2.01. The molecule has 1 amide bonds. The van der Waals surface area contributed by atoms with Crippen molar-refractivity contribution in [1.82, 2.24) is 5.32 Å². The summed E-state index contributed by atoms with van der Waals surface area (Å²) >= 11 is 3.35. The molecule has 1 aromatic carbocycles. The van der Waals surface area contributed by atoms with Crippen LogP contribution in [0, 0.1) is 6.92 Å². The van der Waals surface area contributed by atoms with Crippen molar-refractivity contribution in [3.8, 4) is 5.75 Å². The molecule has 2 rings (SSSR count). The summed E-state index contributed by atoms with van der Waals surface area (Å²) in [7, 11) is 0. The molecular formula is C14H16BrNO4. The number of rotatable bonds is 6. The monoisotopic (exact) mass is 341 g/mol. The number of ether oxygens (including phenoxy) is 2. The molecule has 108 valence electrons. The molecule has 0 radical (unpaired) electrons. The van der Waals surface area contributed by atoms with Crippen LogP contribution in [0.3, 0.4) is 0 Å². The minimum absolute atomic E-state index is 0.224. The predicted octanol–water partition coefficient (Wildman–Crippen LogP) is 1.96. The van der Waals surface area contributed by atoms with E-state index >= 15 is 0 Å². The number of esters is 1. The summed E-state index contributed by atoms with van der Waals surface area (Å²) < 4.78 is 10.9.